The van der Waals surface area contributed by atoms with Gasteiger partial charge in [0.1, 0.15) is 17.3 Å². The summed E-state index contributed by atoms with van der Waals surface area (Å²) in [6.45, 7) is 0. The molecule has 0 saturated carbocycles. The van der Waals surface area contributed by atoms with Gasteiger partial charge in [-0.2, -0.15) is 4.99 Å². The molecule has 0 bridgehead atoms. The number of hydrogen-bond donors (Lipinski definition) is 2. The van der Waals surface area contributed by atoms with Crippen LogP contribution in [0.5, 0.6) is 5.75 Å². The molecule has 0 atom stereocenters. The molecular weight excluding hydrogens is 268 g/mol. The predicted molar refractivity (Wildman–Crippen MR) is 81.1 cm³/mol. The lowest BCUT2D eigenvalue weighted by atomic mass is 10.2. The summed E-state index contributed by atoms with van der Waals surface area (Å²) in [5.74, 6) is 0.150. The molecule has 0 unspecified atom stereocenters. The number of carbonyl (C=O) groups excluding carboxylic acids is 1. The number of aliphatic imine (C=N–C) groups is 1. The van der Waals surface area contributed by atoms with E-state index in [0.29, 0.717) is 11.3 Å². The average molecular weight is 282 g/mol. The average Bonchev–Trinajstić information content (AvgIpc) is 2.48. The van der Waals surface area contributed by atoms with Gasteiger partial charge in [0, 0.05) is 11.6 Å². The lowest BCUT2D eigenvalue weighted by Crippen LogP contribution is -2.14. The first-order chi connectivity index (χ1) is 10.1. The SMILES string of the molecule is NC(/C=C(\O)c1ccccc1)=N/C(=O)Oc1ccccc1. The van der Waals surface area contributed by atoms with Gasteiger partial charge in [-0.15, -0.1) is 0 Å². The molecule has 2 aromatic rings. The van der Waals surface area contributed by atoms with Crippen molar-refractivity contribution in [3.05, 3.63) is 72.3 Å². The van der Waals surface area contributed by atoms with Crippen molar-refractivity contribution in [2.24, 2.45) is 10.7 Å². The van der Waals surface area contributed by atoms with Gasteiger partial charge in [-0.25, -0.2) is 4.79 Å². The molecule has 0 aliphatic rings. The van der Waals surface area contributed by atoms with Crippen LogP contribution in [0.15, 0.2) is 71.7 Å². The third-order valence-corrected chi connectivity index (χ3v) is 2.52. The fourth-order valence-electron chi connectivity index (χ4n) is 1.58. The second kappa shape index (κ2) is 6.91. The normalized spacial score (nSPS) is 12.0. The van der Waals surface area contributed by atoms with Crippen molar-refractivity contribution < 1.29 is 14.6 Å². The van der Waals surface area contributed by atoms with Crippen LogP contribution in [0.3, 0.4) is 0 Å². The predicted octanol–water partition coefficient (Wildman–Crippen LogP) is 3.14. The van der Waals surface area contributed by atoms with Crippen LogP contribution in [0.25, 0.3) is 5.76 Å². The van der Waals surface area contributed by atoms with E-state index in [0.717, 1.165) is 0 Å². The van der Waals surface area contributed by atoms with Crippen molar-refractivity contribution in [3.63, 3.8) is 0 Å². The fourth-order valence-corrected chi connectivity index (χ4v) is 1.58. The van der Waals surface area contributed by atoms with Gasteiger partial charge in [0.25, 0.3) is 0 Å². The van der Waals surface area contributed by atoms with E-state index >= 15 is 0 Å². The Bertz CT molecular complexity index is 664. The zero-order chi connectivity index (χ0) is 15.1. The van der Waals surface area contributed by atoms with Gasteiger partial charge in [0.15, 0.2) is 0 Å². The Morgan fingerprint density at radius 2 is 1.62 bits per heavy atom. The van der Waals surface area contributed by atoms with Crippen LogP contribution in [-0.2, 0) is 0 Å². The van der Waals surface area contributed by atoms with Gasteiger partial charge in [0.05, 0.1) is 0 Å². The van der Waals surface area contributed by atoms with Crippen LogP contribution in [-0.4, -0.2) is 17.0 Å². The standard InChI is InChI=1S/C16H14N2O3/c17-15(11-14(19)12-7-3-1-4-8-12)18-16(20)21-13-9-5-2-6-10-13/h1-11,19H,(H2,17,18,20)/b14-11-. The summed E-state index contributed by atoms with van der Waals surface area (Å²) in [5.41, 5.74) is 6.16. The first-order valence-corrected chi connectivity index (χ1v) is 6.22. The summed E-state index contributed by atoms with van der Waals surface area (Å²) >= 11 is 0. The van der Waals surface area contributed by atoms with Crippen molar-refractivity contribution in [2.45, 2.75) is 0 Å². The molecule has 2 rings (SSSR count). The molecule has 0 heterocycles. The van der Waals surface area contributed by atoms with E-state index < -0.39 is 6.09 Å². The number of para-hydroxylation sites is 1. The molecule has 0 fully saturated rings. The van der Waals surface area contributed by atoms with Crippen molar-refractivity contribution in [1.82, 2.24) is 0 Å². The van der Waals surface area contributed by atoms with Gasteiger partial charge in [-0.1, -0.05) is 48.5 Å². The van der Waals surface area contributed by atoms with Crippen molar-refractivity contribution in [1.29, 1.82) is 0 Å². The number of aliphatic hydroxyl groups is 1. The Morgan fingerprint density at radius 3 is 2.24 bits per heavy atom. The summed E-state index contributed by atoms with van der Waals surface area (Å²) in [7, 11) is 0. The minimum atomic E-state index is -0.851. The second-order valence-corrected chi connectivity index (χ2v) is 4.11. The quantitative estimate of drug-likeness (QED) is 0.514. The summed E-state index contributed by atoms with van der Waals surface area (Å²) in [6, 6.07) is 17.3. The molecular formula is C16H14N2O3. The second-order valence-electron chi connectivity index (χ2n) is 4.11. The molecule has 0 aliphatic heterocycles. The van der Waals surface area contributed by atoms with Gasteiger partial charge in [-0.05, 0) is 12.1 Å². The first kappa shape index (κ1) is 14.3. The monoisotopic (exact) mass is 282 g/mol. The van der Waals surface area contributed by atoms with Crippen LogP contribution in [0.1, 0.15) is 5.56 Å². The Kier molecular flexibility index (Phi) is 4.71. The third-order valence-electron chi connectivity index (χ3n) is 2.52. The summed E-state index contributed by atoms with van der Waals surface area (Å²) in [6.07, 6.45) is 0.345. The van der Waals surface area contributed by atoms with E-state index in [1.807, 2.05) is 6.07 Å². The highest BCUT2D eigenvalue weighted by molar-refractivity contribution is 6.02. The molecule has 5 heteroatoms. The van der Waals surface area contributed by atoms with Crippen molar-refractivity contribution >= 4 is 17.7 Å². The number of nitrogens with two attached hydrogens (primary N) is 1. The Morgan fingerprint density at radius 1 is 1.05 bits per heavy atom. The van der Waals surface area contributed by atoms with Crippen LogP contribution < -0.4 is 10.5 Å². The molecule has 21 heavy (non-hydrogen) atoms. The maximum Gasteiger partial charge on any atom is 0.441 e. The van der Waals surface area contributed by atoms with E-state index in [1.54, 1.807) is 54.6 Å². The fraction of sp³-hybridized carbons (Fsp3) is 0. The molecule has 5 nitrogen and oxygen atoms in total. The van der Waals surface area contributed by atoms with Crippen molar-refractivity contribution in [3.8, 4) is 5.75 Å². The smallest absolute Gasteiger partial charge is 0.441 e. The van der Waals surface area contributed by atoms with Gasteiger partial charge in [-0.3, -0.25) is 0 Å². The Labute approximate surface area is 122 Å². The molecule has 0 spiro atoms. The lowest BCUT2D eigenvalue weighted by Gasteiger charge is -2.01. The summed E-state index contributed by atoms with van der Waals surface area (Å²) in [5, 5.41) is 9.84. The highest BCUT2D eigenvalue weighted by atomic mass is 16.5. The minimum Gasteiger partial charge on any atom is -0.507 e. The highest BCUT2D eigenvalue weighted by Crippen LogP contribution is 2.11. The molecule has 0 radical (unpaired) electrons. The van der Waals surface area contributed by atoms with Gasteiger partial charge >= 0.3 is 6.09 Å². The minimum absolute atomic E-state index is 0.0793. The van der Waals surface area contributed by atoms with Crippen LogP contribution in [0.4, 0.5) is 4.79 Å². The number of hydrogen-bond acceptors (Lipinski definition) is 3. The maximum atomic E-state index is 11.5. The van der Waals surface area contributed by atoms with E-state index in [2.05, 4.69) is 4.99 Å². The lowest BCUT2D eigenvalue weighted by molar-refractivity contribution is 0.211. The van der Waals surface area contributed by atoms with Crippen molar-refractivity contribution in [2.75, 3.05) is 0 Å². The number of benzene rings is 2. The molecule has 2 aromatic carbocycles. The zero-order valence-electron chi connectivity index (χ0n) is 11.1. The Hall–Kier alpha value is -3.08. The molecule has 0 aromatic heterocycles. The number of amides is 1. The van der Waals surface area contributed by atoms with Gasteiger partial charge in [0.2, 0.25) is 0 Å². The van der Waals surface area contributed by atoms with Crippen LogP contribution >= 0.6 is 0 Å². The topological polar surface area (TPSA) is 84.9 Å². The largest absolute Gasteiger partial charge is 0.507 e. The molecule has 106 valence electrons. The number of carbonyl (C=O) groups is 1. The van der Waals surface area contributed by atoms with E-state index in [1.165, 1.54) is 6.08 Å². The molecule has 0 aliphatic carbocycles. The molecule has 3 N–H and O–H groups in total. The molecule has 1 amide bonds. The number of aliphatic hydroxyl groups excluding tert-OH is 1. The summed E-state index contributed by atoms with van der Waals surface area (Å²) in [4.78, 5) is 15.1. The number of rotatable bonds is 3. The zero-order valence-corrected chi connectivity index (χ0v) is 11.1. The van der Waals surface area contributed by atoms with Gasteiger partial charge < -0.3 is 15.6 Å². The summed E-state index contributed by atoms with van der Waals surface area (Å²) < 4.78 is 4.95. The maximum absolute atomic E-state index is 11.5. The van der Waals surface area contributed by atoms with E-state index in [-0.39, 0.29) is 11.6 Å². The Balaban J connectivity index is 2.05. The third kappa shape index (κ3) is 4.50. The number of amidine groups is 1. The van der Waals surface area contributed by atoms with E-state index in [9.17, 15) is 9.90 Å². The first-order valence-electron chi connectivity index (χ1n) is 6.22. The molecule has 0 saturated heterocycles. The number of ether oxygens (including phenoxy) is 1. The van der Waals surface area contributed by atoms with E-state index in [4.69, 9.17) is 10.5 Å². The van der Waals surface area contributed by atoms with Crippen LogP contribution in [0, 0.1) is 0 Å². The van der Waals surface area contributed by atoms with Crippen LogP contribution in [0.2, 0.25) is 0 Å². The number of nitrogens with zero attached hydrogens (tertiary/aromatic N) is 1. The highest BCUT2D eigenvalue weighted by Gasteiger charge is 2.04.